The SMILES string of the molecule is CC(C)c1cccc(OCc2ccc(C#N)cc2Cl)c1. The molecule has 2 aromatic carbocycles. The van der Waals surface area contributed by atoms with Gasteiger partial charge in [-0.2, -0.15) is 5.26 Å². The summed E-state index contributed by atoms with van der Waals surface area (Å²) in [7, 11) is 0. The topological polar surface area (TPSA) is 33.0 Å². The molecular formula is C17H16ClNO. The Morgan fingerprint density at radius 3 is 2.65 bits per heavy atom. The van der Waals surface area contributed by atoms with E-state index in [1.165, 1.54) is 5.56 Å². The number of halogens is 1. The Balaban J connectivity index is 2.09. The smallest absolute Gasteiger partial charge is 0.120 e. The summed E-state index contributed by atoms with van der Waals surface area (Å²) < 4.78 is 5.77. The lowest BCUT2D eigenvalue weighted by molar-refractivity contribution is 0.306. The van der Waals surface area contributed by atoms with E-state index in [0.29, 0.717) is 23.1 Å². The second-order valence-electron chi connectivity index (χ2n) is 4.93. The van der Waals surface area contributed by atoms with E-state index in [9.17, 15) is 0 Å². The maximum Gasteiger partial charge on any atom is 0.120 e. The van der Waals surface area contributed by atoms with Gasteiger partial charge in [-0.05, 0) is 35.7 Å². The molecule has 0 fully saturated rings. The molecule has 0 aliphatic rings. The second-order valence-corrected chi connectivity index (χ2v) is 5.34. The van der Waals surface area contributed by atoms with E-state index in [-0.39, 0.29) is 0 Å². The van der Waals surface area contributed by atoms with Gasteiger partial charge in [0, 0.05) is 10.6 Å². The van der Waals surface area contributed by atoms with Gasteiger partial charge in [0.25, 0.3) is 0 Å². The summed E-state index contributed by atoms with van der Waals surface area (Å²) in [4.78, 5) is 0. The van der Waals surface area contributed by atoms with Crippen LogP contribution in [0.1, 0.15) is 36.5 Å². The Kier molecular flexibility index (Phi) is 4.65. The zero-order valence-corrected chi connectivity index (χ0v) is 12.3. The van der Waals surface area contributed by atoms with E-state index in [4.69, 9.17) is 21.6 Å². The molecule has 3 heteroatoms. The molecule has 0 atom stereocenters. The molecule has 2 nitrogen and oxygen atoms in total. The molecule has 0 aromatic heterocycles. The van der Waals surface area contributed by atoms with Gasteiger partial charge in [0.15, 0.2) is 0 Å². The van der Waals surface area contributed by atoms with Gasteiger partial charge in [-0.15, -0.1) is 0 Å². The number of hydrogen-bond donors (Lipinski definition) is 0. The standard InChI is InChI=1S/C17H16ClNO/c1-12(2)14-4-3-5-16(9-14)20-11-15-7-6-13(10-19)8-17(15)18/h3-9,12H,11H2,1-2H3. The van der Waals surface area contributed by atoms with E-state index in [1.807, 2.05) is 24.3 Å². The van der Waals surface area contributed by atoms with Crippen LogP contribution in [0.4, 0.5) is 0 Å². The second kappa shape index (κ2) is 6.45. The highest BCUT2D eigenvalue weighted by atomic mass is 35.5. The minimum atomic E-state index is 0.395. The van der Waals surface area contributed by atoms with Crippen molar-refractivity contribution in [1.29, 1.82) is 5.26 Å². The molecule has 0 heterocycles. The first-order chi connectivity index (χ1) is 9.60. The summed E-state index contributed by atoms with van der Waals surface area (Å²) in [5.74, 6) is 1.30. The Labute approximate surface area is 124 Å². The average molecular weight is 286 g/mol. The zero-order valence-electron chi connectivity index (χ0n) is 11.6. The first-order valence-corrected chi connectivity index (χ1v) is 6.89. The van der Waals surface area contributed by atoms with Crippen LogP contribution in [-0.2, 0) is 6.61 Å². The molecule has 0 spiro atoms. The number of hydrogen-bond acceptors (Lipinski definition) is 2. The monoisotopic (exact) mass is 285 g/mol. The van der Waals surface area contributed by atoms with Crippen LogP contribution in [0, 0.1) is 11.3 Å². The predicted molar refractivity (Wildman–Crippen MR) is 81.0 cm³/mol. The van der Waals surface area contributed by atoms with Gasteiger partial charge in [-0.1, -0.05) is 43.6 Å². The van der Waals surface area contributed by atoms with Crippen LogP contribution in [0.5, 0.6) is 5.75 Å². The predicted octanol–water partition coefficient (Wildman–Crippen LogP) is 4.91. The van der Waals surface area contributed by atoms with Crippen molar-refractivity contribution in [3.05, 3.63) is 64.2 Å². The molecule has 0 amide bonds. The fraction of sp³-hybridized carbons (Fsp3) is 0.235. The van der Waals surface area contributed by atoms with Crippen molar-refractivity contribution in [1.82, 2.24) is 0 Å². The van der Waals surface area contributed by atoms with Gasteiger partial charge in [0.1, 0.15) is 12.4 Å². The number of rotatable bonds is 4. The van der Waals surface area contributed by atoms with Crippen LogP contribution >= 0.6 is 11.6 Å². The maximum atomic E-state index is 8.80. The summed E-state index contributed by atoms with van der Waals surface area (Å²) >= 11 is 6.13. The lowest BCUT2D eigenvalue weighted by atomic mass is 10.0. The van der Waals surface area contributed by atoms with E-state index in [0.717, 1.165) is 11.3 Å². The normalized spacial score (nSPS) is 10.3. The quantitative estimate of drug-likeness (QED) is 0.799. The van der Waals surface area contributed by atoms with Crippen LogP contribution in [-0.4, -0.2) is 0 Å². The fourth-order valence-electron chi connectivity index (χ4n) is 1.86. The average Bonchev–Trinajstić information content (AvgIpc) is 2.46. The van der Waals surface area contributed by atoms with E-state index in [2.05, 4.69) is 26.0 Å². The molecule has 0 N–H and O–H groups in total. The molecule has 102 valence electrons. The summed E-state index contributed by atoms with van der Waals surface area (Å²) in [6.07, 6.45) is 0. The van der Waals surface area contributed by atoms with Crippen molar-refractivity contribution in [3.63, 3.8) is 0 Å². The Hall–Kier alpha value is -1.98. The highest BCUT2D eigenvalue weighted by molar-refractivity contribution is 6.31. The largest absolute Gasteiger partial charge is 0.489 e. The third kappa shape index (κ3) is 3.53. The van der Waals surface area contributed by atoms with Crippen LogP contribution < -0.4 is 4.74 Å². The molecule has 0 saturated heterocycles. The lowest BCUT2D eigenvalue weighted by Crippen LogP contribution is -1.97. The van der Waals surface area contributed by atoms with Crippen LogP contribution in [0.2, 0.25) is 5.02 Å². The molecule has 0 bridgehead atoms. The Morgan fingerprint density at radius 1 is 1.20 bits per heavy atom. The van der Waals surface area contributed by atoms with Gasteiger partial charge in [0.2, 0.25) is 0 Å². The van der Waals surface area contributed by atoms with E-state index >= 15 is 0 Å². The first-order valence-electron chi connectivity index (χ1n) is 6.51. The Morgan fingerprint density at radius 2 is 2.00 bits per heavy atom. The molecule has 0 aliphatic carbocycles. The molecule has 2 rings (SSSR count). The van der Waals surface area contributed by atoms with Gasteiger partial charge in [-0.3, -0.25) is 0 Å². The first kappa shape index (κ1) is 14.4. The van der Waals surface area contributed by atoms with Crippen molar-refractivity contribution in [2.75, 3.05) is 0 Å². The summed E-state index contributed by atoms with van der Waals surface area (Å²) in [5, 5.41) is 9.36. The van der Waals surface area contributed by atoms with Gasteiger partial charge in [-0.25, -0.2) is 0 Å². The van der Waals surface area contributed by atoms with Crippen LogP contribution in [0.15, 0.2) is 42.5 Å². The number of ether oxygens (including phenoxy) is 1. The van der Waals surface area contributed by atoms with Crippen molar-refractivity contribution >= 4 is 11.6 Å². The van der Waals surface area contributed by atoms with Gasteiger partial charge in [0.05, 0.1) is 11.6 Å². The number of nitrogens with zero attached hydrogens (tertiary/aromatic N) is 1. The molecule has 20 heavy (non-hydrogen) atoms. The molecule has 0 saturated carbocycles. The maximum absolute atomic E-state index is 8.80. The van der Waals surface area contributed by atoms with Crippen LogP contribution in [0.25, 0.3) is 0 Å². The molecule has 0 unspecified atom stereocenters. The van der Waals surface area contributed by atoms with Crippen molar-refractivity contribution in [2.45, 2.75) is 26.4 Å². The summed E-state index contributed by atoms with van der Waals surface area (Å²) in [5.41, 5.74) is 2.68. The highest BCUT2D eigenvalue weighted by Gasteiger charge is 2.05. The molecule has 0 aliphatic heterocycles. The lowest BCUT2D eigenvalue weighted by Gasteiger charge is -2.11. The van der Waals surface area contributed by atoms with Crippen LogP contribution in [0.3, 0.4) is 0 Å². The van der Waals surface area contributed by atoms with Crippen molar-refractivity contribution in [2.24, 2.45) is 0 Å². The third-order valence-electron chi connectivity index (χ3n) is 3.10. The Bertz CT molecular complexity index is 644. The van der Waals surface area contributed by atoms with Crippen molar-refractivity contribution in [3.8, 4) is 11.8 Å². The van der Waals surface area contributed by atoms with E-state index < -0.39 is 0 Å². The third-order valence-corrected chi connectivity index (χ3v) is 3.45. The van der Waals surface area contributed by atoms with Gasteiger partial charge < -0.3 is 4.74 Å². The van der Waals surface area contributed by atoms with E-state index in [1.54, 1.807) is 12.1 Å². The molecule has 0 radical (unpaired) electrons. The minimum Gasteiger partial charge on any atom is -0.489 e. The highest BCUT2D eigenvalue weighted by Crippen LogP contribution is 2.23. The van der Waals surface area contributed by atoms with Crippen molar-refractivity contribution < 1.29 is 4.74 Å². The number of nitriles is 1. The zero-order chi connectivity index (χ0) is 14.5. The summed E-state index contributed by atoms with van der Waals surface area (Å²) in [6.45, 7) is 4.69. The molecular weight excluding hydrogens is 270 g/mol. The summed E-state index contributed by atoms with van der Waals surface area (Å²) in [6, 6.07) is 15.4. The molecule has 2 aromatic rings. The minimum absolute atomic E-state index is 0.395. The van der Waals surface area contributed by atoms with Gasteiger partial charge >= 0.3 is 0 Å². The fourth-order valence-corrected chi connectivity index (χ4v) is 2.09. The number of benzene rings is 2.